The van der Waals surface area contributed by atoms with Gasteiger partial charge in [0.2, 0.25) is 0 Å². The topological polar surface area (TPSA) is 12.5 Å². The number of alkyl halides is 1. The molecule has 0 bridgehead atoms. The van der Waals surface area contributed by atoms with Crippen LogP contribution in [0.3, 0.4) is 0 Å². The Hall–Kier alpha value is 0.210. The first-order valence-corrected chi connectivity index (χ1v) is 4.39. The average molecular weight is 165 g/mol. The fraction of sp³-hybridized carbons (Fsp3) is 1.00. The molecule has 1 fully saturated rings. The van der Waals surface area contributed by atoms with Crippen LogP contribution in [0.2, 0.25) is 0 Å². The van der Waals surface area contributed by atoms with Gasteiger partial charge in [-0.2, -0.15) is 0 Å². The van der Waals surface area contributed by atoms with Gasteiger partial charge in [-0.15, -0.1) is 0 Å². The molecule has 0 unspecified atom stereocenters. The molecule has 1 aliphatic rings. The molecule has 0 aliphatic carbocycles. The second-order valence-corrected chi connectivity index (χ2v) is 2.92. The summed E-state index contributed by atoms with van der Waals surface area (Å²) in [6.45, 7) is 5.15. The highest BCUT2D eigenvalue weighted by molar-refractivity contribution is 4.60. The summed E-state index contributed by atoms with van der Waals surface area (Å²) < 4.78 is 5.21. The molecule has 1 heterocycles. The quantitative estimate of drug-likeness (QED) is 0.545. The number of ether oxygens (including phenoxy) is 1. The Morgan fingerprint density at radius 3 is 2.60 bits per heavy atom. The molecular formula is C7H15ClNO+. The summed E-state index contributed by atoms with van der Waals surface area (Å²) >= 11 is 4.86. The van der Waals surface area contributed by atoms with E-state index in [9.17, 15) is 0 Å². The lowest BCUT2D eigenvalue weighted by Gasteiger charge is -2.25. The molecular weight excluding hydrogens is 150 g/mol. The summed E-state index contributed by atoms with van der Waals surface area (Å²) in [6, 6.07) is 0. The van der Waals surface area contributed by atoms with Crippen molar-refractivity contribution in [3.8, 4) is 0 Å². The maximum Gasteiger partial charge on any atom is 0.171 e. The van der Waals surface area contributed by atoms with Crippen LogP contribution in [0.5, 0.6) is 0 Å². The third-order valence-corrected chi connectivity index (χ3v) is 2.01. The standard InChI is InChI=1S/C7H15ClNO/c8-2-1-3-9-4-6-10-7-5-9/h8H,1-7H2/q+1. The smallest absolute Gasteiger partial charge is 0.171 e. The largest absolute Gasteiger partial charge is 0.379 e. The molecule has 0 amide bonds. The average Bonchev–Trinajstić information content (AvgIpc) is 2.03. The first-order chi connectivity index (χ1) is 4.93. The van der Waals surface area contributed by atoms with Crippen LogP contribution < -0.4 is 0 Å². The molecule has 0 aromatic carbocycles. The van der Waals surface area contributed by atoms with Gasteiger partial charge in [-0.3, -0.25) is 4.90 Å². The van der Waals surface area contributed by atoms with Gasteiger partial charge in [0.05, 0.1) is 13.2 Å². The number of hydrogen-bond donors (Lipinski definition) is 0. The van der Waals surface area contributed by atoms with Crippen molar-refractivity contribution in [2.45, 2.75) is 6.42 Å². The highest BCUT2D eigenvalue weighted by Gasteiger charge is 2.08. The molecule has 2 nitrogen and oxygen atoms in total. The van der Waals surface area contributed by atoms with Crippen LogP contribution in [0.25, 0.3) is 0 Å². The van der Waals surface area contributed by atoms with Crippen LogP contribution in [0, 0.1) is 11.6 Å². The SMILES string of the molecule is [ClH+]CCCN1CCOCC1. The Morgan fingerprint density at radius 1 is 1.30 bits per heavy atom. The van der Waals surface area contributed by atoms with Gasteiger partial charge in [0.1, 0.15) is 11.6 Å². The minimum atomic E-state index is 0.886. The van der Waals surface area contributed by atoms with Crippen molar-refractivity contribution in [2.75, 3.05) is 38.7 Å². The van der Waals surface area contributed by atoms with Crippen molar-refractivity contribution in [1.29, 1.82) is 0 Å². The molecule has 0 radical (unpaired) electrons. The first-order valence-electron chi connectivity index (χ1n) is 3.81. The molecule has 0 aromatic rings. The molecule has 0 spiro atoms. The minimum Gasteiger partial charge on any atom is -0.379 e. The predicted octanol–water partition coefficient (Wildman–Crippen LogP) is -0.00970. The second-order valence-electron chi connectivity index (χ2n) is 2.51. The van der Waals surface area contributed by atoms with Crippen LogP contribution in [-0.2, 0) is 4.74 Å². The molecule has 10 heavy (non-hydrogen) atoms. The van der Waals surface area contributed by atoms with Crippen molar-refractivity contribution in [1.82, 2.24) is 4.90 Å². The fourth-order valence-corrected chi connectivity index (χ4v) is 1.24. The summed E-state index contributed by atoms with van der Waals surface area (Å²) in [4.78, 5) is 2.41. The molecule has 60 valence electrons. The van der Waals surface area contributed by atoms with Gasteiger partial charge in [0.25, 0.3) is 0 Å². The summed E-state index contributed by atoms with van der Waals surface area (Å²) in [5, 5.41) is 0. The number of hydrogen-bond acceptors (Lipinski definition) is 2. The first kappa shape index (κ1) is 8.31. The number of nitrogens with zero attached hydrogens (tertiary/aromatic N) is 1. The van der Waals surface area contributed by atoms with Crippen molar-refractivity contribution in [3.63, 3.8) is 0 Å². The summed E-state index contributed by atoms with van der Waals surface area (Å²) in [6.07, 6.45) is 1.15. The maximum absolute atomic E-state index is 5.21. The van der Waals surface area contributed by atoms with E-state index in [1.807, 2.05) is 0 Å². The molecule has 1 aliphatic heterocycles. The number of halogens is 1. The van der Waals surface area contributed by atoms with Gasteiger partial charge in [-0.05, 0) is 0 Å². The van der Waals surface area contributed by atoms with Crippen LogP contribution in [0.15, 0.2) is 0 Å². The Balaban J connectivity index is 2.02. The van der Waals surface area contributed by atoms with E-state index < -0.39 is 0 Å². The van der Waals surface area contributed by atoms with E-state index in [1.165, 1.54) is 0 Å². The summed E-state index contributed by atoms with van der Waals surface area (Å²) in [7, 11) is 0. The van der Waals surface area contributed by atoms with E-state index in [2.05, 4.69) is 4.90 Å². The zero-order chi connectivity index (χ0) is 7.23. The highest BCUT2D eigenvalue weighted by atomic mass is 35.5. The third kappa shape index (κ3) is 2.86. The molecule has 1 saturated heterocycles. The zero-order valence-corrected chi connectivity index (χ0v) is 7.03. The summed E-state index contributed by atoms with van der Waals surface area (Å²) in [5.74, 6) is 0.886. The second kappa shape index (κ2) is 4.94. The zero-order valence-electron chi connectivity index (χ0n) is 6.21. The van der Waals surface area contributed by atoms with Crippen molar-refractivity contribution in [3.05, 3.63) is 0 Å². The lowest BCUT2D eigenvalue weighted by molar-refractivity contribution is -0.368. The number of morpholine rings is 1. The van der Waals surface area contributed by atoms with Crippen LogP contribution in [0.4, 0.5) is 0 Å². The van der Waals surface area contributed by atoms with E-state index in [-0.39, 0.29) is 0 Å². The normalized spacial score (nSPS) is 21.3. The van der Waals surface area contributed by atoms with E-state index in [1.54, 1.807) is 0 Å². The molecule has 1 rings (SSSR count). The van der Waals surface area contributed by atoms with Gasteiger partial charge >= 0.3 is 0 Å². The van der Waals surface area contributed by atoms with Gasteiger partial charge in [-0.1, -0.05) is 0 Å². The predicted molar refractivity (Wildman–Crippen MR) is 38.1 cm³/mol. The molecule has 0 N–H and O–H groups in total. The van der Waals surface area contributed by atoms with Gasteiger partial charge < -0.3 is 4.74 Å². The van der Waals surface area contributed by atoms with Crippen molar-refractivity contribution >= 4 is 0 Å². The Labute approximate surface area is 67.1 Å². The third-order valence-electron chi connectivity index (χ3n) is 1.72. The minimum absolute atomic E-state index is 0.886. The van der Waals surface area contributed by atoms with E-state index in [0.717, 1.165) is 45.1 Å². The Morgan fingerprint density at radius 2 is 2.00 bits per heavy atom. The summed E-state index contributed by atoms with van der Waals surface area (Å²) in [5.41, 5.74) is 0. The van der Waals surface area contributed by atoms with Crippen molar-refractivity contribution in [2.24, 2.45) is 0 Å². The maximum atomic E-state index is 5.21. The molecule has 0 aromatic heterocycles. The Kier molecular flexibility index (Phi) is 4.10. The van der Waals surface area contributed by atoms with Crippen molar-refractivity contribution < 1.29 is 16.3 Å². The monoisotopic (exact) mass is 164 g/mol. The van der Waals surface area contributed by atoms with Crippen LogP contribution >= 0.6 is 0 Å². The molecule has 0 saturated carbocycles. The highest BCUT2D eigenvalue weighted by Crippen LogP contribution is 1.96. The van der Waals surface area contributed by atoms with Crippen LogP contribution in [-0.4, -0.2) is 43.6 Å². The van der Waals surface area contributed by atoms with Gasteiger partial charge in [-0.25, -0.2) is 0 Å². The van der Waals surface area contributed by atoms with Crippen LogP contribution in [0.1, 0.15) is 6.42 Å². The molecule has 3 heteroatoms. The lowest BCUT2D eigenvalue weighted by atomic mass is 10.4. The van der Waals surface area contributed by atoms with Gasteiger partial charge in [0.15, 0.2) is 5.88 Å². The fourth-order valence-electron chi connectivity index (χ4n) is 1.11. The Bertz CT molecular complexity index is 83.7. The number of rotatable bonds is 3. The van der Waals surface area contributed by atoms with E-state index in [0.29, 0.717) is 0 Å². The van der Waals surface area contributed by atoms with E-state index in [4.69, 9.17) is 16.3 Å². The van der Waals surface area contributed by atoms with E-state index >= 15 is 0 Å². The lowest BCUT2D eigenvalue weighted by Crippen LogP contribution is -2.37. The van der Waals surface area contributed by atoms with Gasteiger partial charge in [0, 0.05) is 26.1 Å². The molecule has 0 atom stereocenters.